The van der Waals surface area contributed by atoms with Crippen LogP contribution in [0.15, 0.2) is 48.5 Å². The molecular weight excluding hydrogens is 366 g/mol. The maximum absolute atomic E-state index is 12.1. The minimum Gasteiger partial charge on any atom is -0.378 e. The van der Waals surface area contributed by atoms with Gasteiger partial charge in [0.1, 0.15) is 6.23 Å². The Balaban J connectivity index is 1.23. The molecule has 0 unspecified atom stereocenters. The van der Waals surface area contributed by atoms with E-state index in [9.17, 15) is 9.90 Å². The highest BCUT2D eigenvalue weighted by Crippen LogP contribution is 2.28. The molecule has 2 heterocycles. The van der Waals surface area contributed by atoms with Crippen LogP contribution < -0.4 is 9.96 Å². The van der Waals surface area contributed by atoms with Crippen molar-refractivity contribution in [3.63, 3.8) is 0 Å². The molecule has 2 aliphatic rings. The summed E-state index contributed by atoms with van der Waals surface area (Å²) in [6.45, 7) is 5.87. The van der Waals surface area contributed by atoms with Gasteiger partial charge in [0.05, 0.1) is 18.7 Å². The van der Waals surface area contributed by atoms with Gasteiger partial charge in [0.25, 0.3) is 5.91 Å². The van der Waals surface area contributed by atoms with E-state index in [1.54, 1.807) is 0 Å². The first-order valence-corrected chi connectivity index (χ1v) is 10.5. The average Bonchev–Trinajstić information content (AvgIpc) is 3.09. The van der Waals surface area contributed by atoms with Crippen LogP contribution in [0.4, 0.5) is 11.4 Å². The molecule has 6 nitrogen and oxygen atoms in total. The first-order valence-electron chi connectivity index (χ1n) is 10.5. The Kier molecular flexibility index (Phi) is 6.13. The van der Waals surface area contributed by atoms with E-state index in [0.29, 0.717) is 19.4 Å². The minimum atomic E-state index is -0.562. The van der Waals surface area contributed by atoms with Crippen LogP contribution in [0, 0.1) is 0 Å². The summed E-state index contributed by atoms with van der Waals surface area (Å²) in [6, 6.07) is 16.4. The van der Waals surface area contributed by atoms with E-state index in [2.05, 4.69) is 41.0 Å². The molecule has 0 bridgehead atoms. The largest absolute Gasteiger partial charge is 0.378 e. The number of aliphatic hydroxyl groups excluding tert-OH is 1. The summed E-state index contributed by atoms with van der Waals surface area (Å²) in [5.74, 6) is -0.0524. The van der Waals surface area contributed by atoms with Gasteiger partial charge in [-0.1, -0.05) is 37.3 Å². The summed E-state index contributed by atoms with van der Waals surface area (Å²) >= 11 is 0. The number of piperazine rings is 1. The van der Waals surface area contributed by atoms with Crippen LogP contribution in [0.5, 0.6) is 0 Å². The summed E-state index contributed by atoms with van der Waals surface area (Å²) < 4.78 is 0. The second kappa shape index (κ2) is 8.95. The number of rotatable bonds is 7. The molecule has 1 atom stereocenters. The Labute approximate surface area is 172 Å². The van der Waals surface area contributed by atoms with E-state index < -0.39 is 6.23 Å². The van der Waals surface area contributed by atoms with E-state index in [0.717, 1.165) is 43.9 Å². The zero-order valence-electron chi connectivity index (χ0n) is 17.0. The lowest BCUT2D eigenvalue weighted by molar-refractivity contribution is -0.125. The monoisotopic (exact) mass is 395 g/mol. The van der Waals surface area contributed by atoms with Crippen molar-refractivity contribution in [2.45, 2.75) is 32.4 Å². The third-order valence-corrected chi connectivity index (χ3v) is 5.82. The number of amides is 1. The van der Waals surface area contributed by atoms with Gasteiger partial charge in [-0.25, -0.2) is 0 Å². The average molecular weight is 396 g/mol. The van der Waals surface area contributed by atoms with Crippen LogP contribution in [0.1, 0.15) is 24.5 Å². The fourth-order valence-electron chi connectivity index (χ4n) is 4.02. The fourth-order valence-corrected chi connectivity index (χ4v) is 4.02. The lowest BCUT2D eigenvalue weighted by atomic mass is 10.1. The Morgan fingerprint density at radius 2 is 1.76 bits per heavy atom. The highest BCUT2D eigenvalue weighted by molar-refractivity contribution is 5.99. The number of hydrogen-bond acceptors (Lipinski definition) is 5. The fraction of sp³-hybridized carbons (Fsp3) is 0.435. The quantitative estimate of drug-likeness (QED) is 0.781. The summed E-state index contributed by atoms with van der Waals surface area (Å²) in [6.07, 6.45) is 1.33. The highest BCUT2D eigenvalue weighted by Gasteiger charge is 2.28. The molecule has 1 N–H and O–H groups in total. The van der Waals surface area contributed by atoms with Gasteiger partial charge in [-0.3, -0.25) is 14.5 Å². The molecule has 6 heteroatoms. The van der Waals surface area contributed by atoms with Gasteiger partial charge in [-0.05, 0) is 35.7 Å². The molecule has 154 valence electrons. The van der Waals surface area contributed by atoms with Crippen LogP contribution in [0.25, 0.3) is 0 Å². The number of carbonyl (C=O) groups is 1. The third-order valence-electron chi connectivity index (χ3n) is 5.82. The molecule has 0 saturated carbocycles. The number of anilines is 2. The van der Waals surface area contributed by atoms with E-state index in [4.69, 9.17) is 4.84 Å². The number of hydrogen-bond donors (Lipinski definition) is 1. The van der Waals surface area contributed by atoms with Crippen LogP contribution in [0.2, 0.25) is 0 Å². The van der Waals surface area contributed by atoms with Gasteiger partial charge in [0.15, 0.2) is 0 Å². The summed E-state index contributed by atoms with van der Waals surface area (Å²) in [4.78, 5) is 22.3. The summed E-state index contributed by atoms with van der Waals surface area (Å²) in [5.41, 5.74) is 4.39. The second-order valence-electron chi connectivity index (χ2n) is 7.64. The van der Waals surface area contributed by atoms with Crippen molar-refractivity contribution in [2.24, 2.45) is 0 Å². The van der Waals surface area contributed by atoms with Gasteiger partial charge in [0, 0.05) is 38.3 Å². The molecule has 4 rings (SSSR count). The Morgan fingerprint density at radius 3 is 2.48 bits per heavy atom. The summed E-state index contributed by atoms with van der Waals surface area (Å²) in [5, 5.41) is 11.9. The second-order valence-corrected chi connectivity index (χ2v) is 7.64. The zero-order valence-corrected chi connectivity index (χ0v) is 17.0. The number of para-hydroxylation sites is 1. The standard InChI is InChI=1S/C23H29N3O3/c1-2-18-7-9-20(10-8-18)24-12-14-25(15-13-24)22(27)11-16-29-26-21-6-4-3-5-19(21)17-23(26)28/h3-10,22,27H,2,11-17H2,1H3/t22-/m0/s1. The Morgan fingerprint density at radius 1 is 1.03 bits per heavy atom. The molecular formula is C23H29N3O3. The molecule has 1 amide bonds. The number of carbonyl (C=O) groups excluding carboxylic acids is 1. The van der Waals surface area contributed by atoms with Gasteiger partial charge in [0.2, 0.25) is 0 Å². The first-order chi connectivity index (χ1) is 14.2. The number of aliphatic hydroxyl groups is 1. The van der Waals surface area contributed by atoms with Crippen molar-refractivity contribution in [3.8, 4) is 0 Å². The molecule has 1 fully saturated rings. The highest BCUT2D eigenvalue weighted by atomic mass is 16.7. The SMILES string of the molecule is CCc1ccc(N2CCN([C@@H](O)CCON3C(=O)Cc4ccccc43)CC2)cc1. The lowest BCUT2D eigenvalue weighted by Gasteiger charge is -2.38. The molecule has 0 spiro atoms. The summed E-state index contributed by atoms with van der Waals surface area (Å²) in [7, 11) is 0. The van der Waals surface area contributed by atoms with E-state index >= 15 is 0 Å². The van der Waals surface area contributed by atoms with Crippen molar-refractivity contribution in [1.29, 1.82) is 0 Å². The topological polar surface area (TPSA) is 56.2 Å². The molecule has 2 aliphatic heterocycles. The maximum Gasteiger partial charge on any atom is 0.255 e. The number of hydroxylamine groups is 1. The van der Waals surface area contributed by atoms with Crippen LogP contribution in [-0.4, -0.2) is 54.9 Å². The smallest absolute Gasteiger partial charge is 0.255 e. The molecule has 29 heavy (non-hydrogen) atoms. The molecule has 0 radical (unpaired) electrons. The predicted molar refractivity (Wildman–Crippen MR) is 114 cm³/mol. The van der Waals surface area contributed by atoms with Crippen molar-refractivity contribution in [2.75, 3.05) is 42.7 Å². The Hall–Kier alpha value is -2.41. The van der Waals surface area contributed by atoms with E-state index in [1.807, 2.05) is 24.3 Å². The van der Waals surface area contributed by atoms with E-state index in [-0.39, 0.29) is 5.91 Å². The number of fused-ring (bicyclic) bond motifs is 1. The number of aryl methyl sites for hydroxylation is 1. The van der Waals surface area contributed by atoms with Crippen molar-refractivity contribution >= 4 is 17.3 Å². The van der Waals surface area contributed by atoms with Gasteiger partial charge in [-0.2, -0.15) is 5.06 Å². The zero-order chi connectivity index (χ0) is 20.2. The molecule has 2 aromatic rings. The minimum absolute atomic E-state index is 0.0524. The van der Waals surface area contributed by atoms with Gasteiger partial charge in [-0.15, -0.1) is 0 Å². The van der Waals surface area contributed by atoms with Crippen molar-refractivity contribution < 1.29 is 14.7 Å². The number of benzene rings is 2. The van der Waals surface area contributed by atoms with Crippen LogP contribution in [-0.2, 0) is 22.5 Å². The van der Waals surface area contributed by atoms with Crippen LogP contribution in [0.3, 0.4) is 0 Å². The lowest BCUT2D eigenvalue weighted by Crippen LogP contribution is -2.50. The number of nitrogens with zero attached hydrogens (tertiary/aromatic N) is 3. The first kappa shape index (κ1) is 19.9. The predicted octanol–water partition coefficient (Wildman–Crippen LogP) is 2.60. The maximum atomic E-state index is 12.1. The van der Waals surface area contributed by atoms with Crippen molar-refractivity contribution in [1.82, 2.24) is 4.90 Å². The normalized spacial score (nSPS) is 18.2. The van der Waals surface area contributed by atoms with Crippen molar-refractivity contribution in [3.05, 3.63) is 59.7 Å². The van der Waals surface area contributed by atoms with E-state index in [1.165, 1.54) is 16.3 Å². The van der Waals surface area contributed by atoms with Crippen LogP contribution >= 0.6 is 0 Å². The van der Waals surface area contributed by atoms with Gasteiger partial charge >= 0.3 is 0 Å². The third kappa shape index (κ3) is 4.45. The Bertz CT molecular complexity index is 832. The van der Waals surface area contributed by atoms with Gasteiger partial charge < -0.3 is 10.0 Å². The molecule has 0 aliphatic carbocycles. The molecule has 2 aromatic carbocycles. The molecule has 1 saturated heterocycles. The molecule has 0 aromatic heterocycles.